The molecule has 1 heterocycles. The van der Waals surface area contributed by atoms with Crippen LogP contribution in [0.4, 0.5) is 0 Å². The average Bonchev–Trinajstić information content (AvgIpc) is 2.14. The lowest BCUT2D eigenvalue weighted by Gasteiger charge is -2.25. The second-order valence-electron chi connectivity index (χ2n) is 2.96. The van der Waals surface area contributed by atoms with Gasteiger partial charge in [-0.1, -0.05) is 19.1 Å². The fraction of sp³-hybridized carbons (Fsp3) is 0.600. The average molecular weight is 166 g/mol. The van der Waals surface area contributed by atoms with E-state index in [4.69, 9.17) is 0 Å². The lowest BCUT2D eigenvalue weighted by molar-refractivity contribution is 0.324. The number of nitrogens with zero attached hydrogens (tertiary/aromatic N) is 1. The van der Waals surface area contributed by atoms with E-state index >= 15 is 0 Å². The van der Waals surface area contributed by atoms with Crippen LogP contribution in [-0.4, -0.2) is 31.1 Å². The summed E-state index contributed by atoms with van der Waals surface area (Å²) in [6.07, 6.45) is 9.69. The molecule has 0 bridgehead atoms. The second kappa shape index (κ2) is 5.84. The first-order valence-electron chi connectivity index (χ1n) is 4.71. The Labute approximate surface area is 74.9 Å². The van der Waals surface area contributed by atoms with Gasteiger partial charge in [0.15, 0.2) is 0 Å². The number of nitrogens with one attached hydrogen (secondary N) is 1. The van der Waals surface area contributed by atoms with Crippen molar-refractivity contribution in [2.24, 2.45) is 0 Å². The highest BCUT2D eigenvalue weighted by Gasteiger charge is 2.02. The molecule has 1 aliphatic heterocycles. The van der Waals surface area contributed by atoms with Crippen LogP contribution in [0.5, 0.6) is 0 Å². The first-order chi connectivity index (χ1) is 5.93. The normalized spacial score (nSPS) is 19.6. The molecule has 0 amide bonds. The minimum absolute atomic E-state index is 1.11. The van der Waals surface area contributed by atoms with Gasteiger partial charge in [-0.05, 0) is 18.7 Å². The number of hydrogen-bond donors (Lipinski definition) is 1. The van der Waals surface area contributed by atoms with Crippen molar-refractivity contribution in [2.45, 2.75) is 13.3 Å². The largest absolute Gasteiger partial charge is 0.375 e. The van der Waals surface area contributed by atoms with Crippen molar-refractivity contribution >= 4 is 0 Å². The molecule has 0 unspecified atom stereocenters. The number of piperazine rings is 1. The quantitative estimate of drug-likeness (QED) is 0.637. The zero-order valence-electron chi connectivity index (χ0n) is 7.79. The fourth-order valence-corrected chi connectivity index (χ4v) is 1.22. The topological polar surface area (TPSA) is 15.3 Å². The highest BCUT2D eigenvalue weighted by Crippen LogP contribution is 1.93. The van der Waals surface area contributed by atoms with Gasteiger partial charge in [0.25, 0.3) is 0 Å². The number of hydrogen-bond acceptors (Lipinski definition) is 2. The van der Waals surface area contributed by atoms with Gasteiger partial charge >= 0.3 is 0 Å². The highest BCUT2D eigenvalue weighted by atomic mass is 15.2. The molecule has 0 aliphatic carbocycles. The summed E-state index contributed by atoms with van der Waals surface area (Å²) in [5.41, 5.74) is 0. The van der Waals surface area contributed by atoms with E-state index in [0.29, 0.717) is 0 Å². The lowest BCUT2D eigenvalue weighted by atomic mass is 10.3. The molecule has 1 aliphatic rings. The zero-order chi connectivity index (χ0) is 8.65. The second-order valence-corrected chi connectivity index (χ2v) is 2.96. The first-order valence-corrected chi connectivity index (χ1v) is 4.71. The molecule has 12 heavy (non-hydrogen) atoms. The summed E-state index contributed by atoms with van der Waals surface area (Å²) in [5.74, 6) is 0. The van der Waals surface area contributed by atoms with Gasteiger partial charge in [0.2, 0.25) is 0 Å². The summed E-state index contributed by atoms with van der Waals surface area (Å²) >= 11 is 0. The van der Waals surface area contributed by atoms with Crippen molar-refractivity contribution in [3.8, 4) is 0 Å². The van der Waals surface area contributed by atoms with Crippen molar-refractivity contribution in [2.75, 3.05) is 26.2 Å². The van der Waals surface area contributed by atoms with Gasteiger partial charge in [0.05, 0.1) is 0 Å². The minimum atomic E-state index is 1.11. The summed E-state index contributed by atoms with van der Waals surface area (Å²) in [6, 6.07) is 0. The zero-order valence-corrected chi connectivity index (χ0v) is 7.79. The first kappa shape index (κ1) is 9.33. The van der Waals surface area contributed by atoms with E-state index in [0.717, 1.165) is 32.6 Å². The molecule has 68 valence electrons. The Balaban J connectivity index is 2.19. The van der Waals surface area contributed by atoms with Gasteiger partial charge in [0.1, 0.15) is 0 Å². The van der Waals surface area contributed by atoms with Crippen LogP contribution in [0.3, 0.4) is 0 Å². The maximum atomic E-state index is 3.32. The van der Waals surface area contributed by atoms with Crippen LogP contribution >= 0.6 is 0 Å². The van der Waals surface area contributed by atoms with Gasteiger partial charge in [-0.3, -0.25) is 0 Å². The summed E-state index contributed by atoms with van der Waals surface area (Å²) in [5, 5.41) is 3.32. The molecule has 2 heteroatoms. The third-order valence-corrected chi connectivity index (χ3v) is 1.93. The van der Waals surface area contributed by atoms with Crippen LogP contribution in [-0.2, 0) is 0 Å². The van der Waals surface area contributed by atoms with Gasteiger partial charge < -0.3 is 10.2 Å². The van der Waals surface area contributed by atoms with Crippen LogP contribution in [0.25, 0.3) is 0 Å². The maximum Gasteiger partial charge on any atom is 0.0298 e. The molecule has 0 spiro atoms. The standard InChI is InChI=1S/C10H18N2/c1-2-3-4-5-8-12-9-6-11-7-10-12/h3-5,8,11H,2,6-7,9-10H2,1H3. The molecule has 0 aromatic rings. The van der Waals surface area contributed by atoms with E-state index in [1.54, 1.807) is 0 Å². The van der Waals surface area contributed by atoms with Gasteiger partial charge in [-0.2, -0.15) is 0 Å². The minimum Gasteiger partial charge on any atom is -0.375 e. The van der Waals surface area contributed by atoms with Crippen molar-refractivity contribution in [1.29, 1.82) is 0 Å². The van der Waals surface area contributed by atoms with E-state index in [2.05, 4.69) is 41.6 Å². The van der Waals surface area contributed by atoms with Gasteiger partial charge in [-0.25, -0.2) is 0 Å². The molecule has 1 fully saturated rings. The summed E-state index contributed by atoms with van der Waals surface area (Å²) in [7, 11) is 0. The molecular weight excluding hydrogens is 148 g/mol. The van der Waals surface area contributed by atoms with E-state index < -0.39 is 0 Å². The van der Waals surface area contributed by atoms with Crippen LogP contribution < -0.4 is 5.32 Å². The molecule has 0 atom stereocenters. The van der Waals surface area contributed by atoms with Crippen LogP contribution in [0.2, 0.25) is 0 Å². The highest BCUT2D eigenvalue weighted by molar-refractivity contribution is 5.02. The van der Waals surface area contributed by atoms with Crippen LogP contribution in [0.1, 0.15) is 13.3 Å². The number of rotatable bonds is 3. The molecule has 0 saturated carbocycles. The number of allylic oxidation sites excluding steroid dienone is 3. The maximum absolute atomic E-state index is 3.32. The van der Waals surface area contributed by atoms with Gasteiger partial charge in [0, 0.05) is 26.2 Å². The predicted molar refractivity (Wildman–Crippen MR) is 53.0 cm³/mol. The van der Waals surface area contributed by atoms with Crippen molar-refractivity contribution in [1.82, 2.24) is 10.2 Å². The molecule has 1 rings (SSSR count). The Kier molecular flexibility index (Phi) is 4.54. The molecular formula is C10H18N2. The SMILES string of the molecule is CCC=CC=CN1CCNCC1. The summed E-state index contributed by atoms with van der Waals surface area (Å²) in [4.78, 5) is 2.34. The Morgan fingerprint density at radius 3 is 2.67 bits per heavy atom. The van der Waals surface area contributed by atoms with Crippen molar-refractivity contribution in [3.05, 3.63) is 24.4 Å². The third-order valence-electron chi connectivity index (χ3n) is 1.93. The molecule has 0 aromatic heterocycles. The Morgan fingerprint density at radius 2 is 2.00 bits per heavy atom. The van der Waals surface area contributed by atoms with E-state index in [-0.39, 0.29) is 0 Å². The fourth-order valence-electron chi connectivity index (χ4n) is 1.22. The monoisotopic (exact) mass is 166 g/mol. The smallest absolute Gasteiger partial charge is 0.0298 e. The molecule has 0 aromatic carbocycles. The Hall–Kier alpha value is -0.760. The molecule has 2 nitrogen and oxygen atoms in total. The third kappa shape index (κ3) is 3.58. The van der Waals surface area contributed by atoms with Crippen LogP contribution in [0, 0.1) is 0 Å². The summed E-state index contributed by atoms with van der Waals surface area (Å²) in [6.45, 7) is 6.64. The Bertz CT molecular complexity index is 155. The summed E-state index contributed by atoms with van der Waals surface area (Å²) < 4.78 is 0. The molecule has 0 radical (unpaired) electrons. The Morgan fingerprint density at radius 1 is 1.25 bits per heavy atom. The van der Waals surface area contributed by atoms with E-state index in [9.17, 15) is 0 Å². The van der Waals surface area contributed by atoms with Crippen molar-refractivity contribution < 1.29 is 0 Å². The molecule has 1 saturated heterocycles. The molecule has 1 N–H and O–H groups in total. The lowest BCUT2D eigenvalue weighted by Crippen LogP contribution is -2.40. The van der Waals surface area contributed by atoms with Gasteiger partial charge in [-0.15, -0.1) is 0 Å². The van der Waals surface area contributed by atoms with E-state index in [1.807, 2.05) is 0 Å². The van der Waals surface area contributed by atoms with Crippen molar-refractivity contribution in [3.63, 3.8) is 0 Å². The predicted octanol–water partition coefficient (Wildman–Crippen LogP) is 1.37. The van der Waals surface area contributed by atoms with E-state index in [1.165, 1.54) is 0 Å². The van der Waals surface area contributed by atoms with Crippen LogP contribution in [0.15, 0.2) is 24.4 Å².